The maximum Gasteiger partial charge on any atom is 0.157 e. The molecule has 3 nitrogen and oxygen atoms in total. The van der Waals surface area contributed by atoms with Crippen LogP contribution in [0.3, 0.4) is 0 Å². The number of ether oxygens (including phenoxy) is 1. The van der Waals surface area contributed by atoms with Crippen LogP contribution in [0.4, 0.5) is 4.39 Å². The van der Waals surface area contributed by atoms with Crippen LogP contribution in [0.25, 0.3) is 0 Å². The molecule has 0 radical (unpaired) electrons. The third-order valence-electron chi connectivity index (χ3n) is 2.50. The molecule has 0 aliphatic heterocycles. The van der Waals surface area contributed by atoms with E-state index in [1.165, 1.54) is 18.3 Å². The van der Waals surface area contributed by atoms with Gasteiger partial charge in [0.15, 0.2) is 5.75 Å². The fraction of sp³-hybridized carbons (Fsp3) is 0.0714. The molecule has 6 heteroatoms. The molecule has 0 atom stereocenters. The van der Waals surface area contributed by atoms with Gasteiger partial charge in [0.2, 0.25) is 0 Å². The quantitative estimate of drug-likeness (QED) is 0.512. The lowest BCUT2D eigenvalue weighted by Gasteiger charge is -2.10. The molecule has 0 heterocycles. The van der Waals surface area contributed by atoms with Gasteiger partial charge in [0.1, 0.15) is 12.4 Å². The van der Waals surface area contributed by atoms with Gasteiger partial charge >= 0.3 is 0 Å². The standard InChI is InChI=1S/C14H10Cl2FNO2/c15-12-5-10(7-18-19)6-13(16)14(12)20-8-9-2-1-3-11(17)4-9/h1-7,19H,8H2/b18-7+. The van der Waals surface area contributed by atoms with Crippen molar-refractivity contribution in [2.45, 2.75) is 6.61 Å². The number of hydrogen-bond acceptors (Lipinski definition) is 3. The summed E-state index contributed by atoms with van der Waals surface area (Å²) in [5.74, 6) is -0.0366. The van der Waals surface area contributed by atoms with E-state index in [-0.39, 0.29) is 22.5 Å². The van der Waals surface area contributed by atoms with Gasteiger partial charge in [-0.15, -0.1) is 0 Å². The third-order valence-corrected chi connectivity index (χ3v) is 3.06. The fourth-order valence-corrected chi connectivity index (χ4v) is 2.25. The average molecular weight is 314 g/mol. The van der Waals surface area contributed by atoms with E-state index < -0.39 is 0 Å². The Morgan fingerprint density at radius 1 is 1.20 bits per heavy atom. The minimum atomic E-state index is -0.335. The van der Waals surface area contributed by atoms with Gasteiger partial charge in [-0.1, -0.05) is 40.5 Å². The molecule has 1 N–H and O–H groups in total. The second kappa shape index (κ2) is 6.59. The summed E-state index contributed by atoms with van der Waals surface area (Å²) >= 11 is 12.1. The van der Waals surface area contributed by atoms with Crippen LogP contribution in [0.2, 0.25) is 10.0 Å². The van der Waals surface area contributed by atoms with Crippen molar-refractivity contribution in [2.24, 2.45) is 5.16 Å². The van der Waals surface area contributed by atoms with Crippen LogP contribution in [-0.4, -0.2) is 11.4 Å². The number of hydrogen-bond donors (Lipinski definition) is 1. The first kappa shape index (κ1) is 14.6. The Balaban J connectivity index is 2.17. The molecule has 2 rings (SSSR count). The zero-order chi connectivity index (χ0) is 14.5. The summed E-state index contributed by atoms with van der Waals surface area (Å²) in [6.45, 7) is 0.143. The first-order valence-corrected chi connectivity index (χ1v) is 6.39. The van der Waals surface area contributed by atoms with E-state index in [4.69, 9.17) is 33.1 Å². The Hall–Kier alpha value is -1.78. The third kappa shape index (κ3) is 3.62. The lowest BCUT2D eigenvalue weighted by molar-refractivity contribution is 0.306. The highest BCUT2D eigenvalue weighted by Gasteiger charge is 2.09. The predicted octanol–water partition coefficient (Wildman–Crippen LogP) is 4.52. The summed E-state index contributed by atoms with van der Waals surface area (Å²) in [6.07, 6.45) is 1.20. The number of oxime groups is 1. The van der Waals surface area contributed by atoms with E-state index in [1.54, 1.807) is 24.3 Å². The molecule has 0 fully saturated rings. The molecule has 0 saturated carbocycles. The van der Waals surface area contributed by atoms with Gasteiger partial charge in [0, 0.05) is 0 Å². The molecule has 0 aliphatic rings. The molecule has 0 spiro atoms. The average Bonchev–Trinajstić information content (AvgIpc) is 2.38. The van der Waals surface area contributed by atoms with Crippen LogP contribution in [0.15, 0.2) is 41.6 Å². The van der Waals surface area contributed by atoms with Crippen LogP contribution >= 0.6 is 23.2 Å². The van der Waals surface area contributed by atoms with Crippen LogP contribution < -0.4 is 4.74 Å². The summed E-state index contributed by atoms with van der Waals surface area (Å²) in [6, 6.07) is 9.15. The lowest BCUT2D eigenvalue weighted by Crippen LogP contribution is -1.98. The van der Waals surface area contributed by atoms with Crippen molar-refractivity contribution in [3.8, 4) is 5.75 Å². The summed E-state index contributed by atoms with van der Waals surface area (Å²) < 4.78 is 18.5. The molecular formula is C14H10Cl2FNO2. The zero-order valence-corrected chi connectivity index (χ0v) is 11.7. The molecule has 0 saturated heterocycles. The summed E-state index contributed by atoms with van der Waals surface area (Å²) in [7, 11) is 0. The van der Waals surface area contributed by atoms with Gasteiger partial charge in [0.05, 0.1) is 16.3 Å². The molecule has 0 bridgehead atoms. The highest BCUT2D eigenvalue weighted by molar-refractivity contribution is 6.37. The van der Waals surface area contributed by atoms with E-state index >= 15 is 0 Å². The van der Waals surface area contributed by atoms with Crippen molar-refractivity contribution in [3.63, 3.8) is 0 Å². The molecular weight excluding hydrogens is 304 g/mol. The van der Waals surface area contributed by atoms with Gasteiger partial charge in [-0.2, -0.15) is 0 Å². The fourth-order valence-electron chi connectivity index (χ4n) is 1.64. The lowest BCUT2D eigenvalue weighted by atomic mass is 10.2. The minimum absolute atomic E-state index is 0.143. The van der Waals surface area contributed by atoms with Crippen molar-refractivity contribution in [1.29, 1.82) is 0 Å². The van der Waals surface area contributed by atoms with E-state index in [0.29, 0.717) is 16.9 Å². The van der Waals surface area contributed by atoms with Gasteiger partial charge in [-0.05, 0) is 35.4 Å². The van der Waals surface area contributed by atoms with Gasteiger partial charge in [0.25, 0.3) is 0 Å². The Kier molecular flexibility index (Phi) is 4.82. The Morgan fingerprint density at radius 2 is 1.90 bits per heavy atom. The molecule has 0 unspecified atom stereocenters. The minimum Gasteiger partial charge on any atom is -0.486 e. The van der Waals surface area contributed by atoms with E-state index in [0.717, 1.165) is 0 Å². The van der Waals surface area contributed by atoms with Crippen molar-refractivity contribution in [2.75, 3.05) is 0 Å². The first-order valence-electron chi connectivity index (χ1n) is 5.64. The molecule has 20 heavy (non-hydrogen) atoms. The molecule has 104 valence electrons. The number of rotatable bonds is 4. The monoisotopic (exact) mass is 313 g/mol. The summed E-state index contributed by atoms with van der Waals surface area (Å²) in [5.41, 5.74) is 1.21. The predicted molar refractivity (Wildman–Crippen MR) is 76.6 cm³/mol. The Morgan fingerprint density at radius 3 is 2.50 bits per heavy atom. The smallest absolute Gasteiger partial charge is 0.157 e. The van der Waals surface area contributed by atoms with Crippen LogP contribution in [0, 0.1) is 5.82 Å². The first-order chi connectivity index (χ1) is 9.60. The highest BCUT2D eigenvalue weighted by atomic mass is 35.5. The summed E-state index contributed by atoms with van der Waals surface area (Å²) in [4.78, 5) is 0. The van der Waals surface area contributed by atoms with Crippen molar-refractivity contribution < 1.29 is 14.3 Å². The van der Waals surface area contributed by atoms with Gasteiger partial charge in [-0.25, -0.2) is 4.39 Å². The SMILES string of the molecule is O/N=C/c1cc(Cl)c(OCc2cccc(F)c2)c(Cl)c1. The second-order valence-electron chi connectivity index (χ2n) is 3.98. The molecule has 2 aromatic rings. The van der Waals surface area contributed by atoms with Gasteiger partial charge < -0.3 is 9.94 Å². The largest absolute Gasteiger partial charge is 0.486 e. The molecule has 2 aromatic carbocycles. The maximum absolute atomic E-state index is 13.0. The topological polar surface area (TPSA) is 41.8 Å². The molecule has 0 aliphatic carbocycles. The Labute approximate surface area is 125 Å². The Bertz CT molecular complexity index is 624. The van der Waals surface area contributed by atoms with Crippen LogP contribution in [-0.2, 0) is 6.61 Å². The zero-order valence-electron chi connectivity index (χ0n) is 10.2. The number of benzene rings is 2. The van der Waals surface area contributed by atoms with E-state index in [1.807, 2.05) is 0 Å². The highest BCUT2D eigenvalue weighted by Crippen LogP contribution is 2.34. The second-order valence-corrected chi connectivity index (χ2v) is 4.79. The van der Waals surface area contributed by atoms with Crippen LogP contribution in [0.1, 0.15) is 11.1 Å². The van der Waals surface area contributed by atoms with Crippen LogP contribution in [0.5, 0.6) is 5.75 Å². The maximum atomic E-state index is 13.0. The van der Waals surface area contributed by atoms with Crippen molar-refractivity contribution in [3.05, 3.63) is 63.4 Å². The van der Waals surface area contributed by atoms with Gasteiger partial charge in [-0.3, -0.25) is 0 Å². The summed E-state index contributed by atoms with van der Waals surface area (Å²) in [5, 5.41) is 11.9. The number of nitrogens with zero attached hydrogens (tertiary/aromatic N) is 1. The molecule has 0 amide bonds. The normalized spacial score (nSPS) is 10.9. The van der Waals surface area contributed by atoms with E-state index in [2.05, 4.69) is 5.16 Å². The van der Waals surface area contributed by atoms with E-state index in [9.17, 15) is 4.39 Å². The van der Waals surface area contributed by atoms with Crippen molar-refractivity contribution in [1.82, 2.24) is 0 Å². The molecule has 0 aromatic heterocycles. The van der Waals surface area contributed by atoms with Crippen molar-refractivity contribution >= 4 is 29.4 Å². The number of halogens is 3.